The molecule has 0 saturated carbocycles. The van der Waals surface area contributed by atoms with Crippen molar-refractivity contribution in [2.45, 2.75) is 29.0 Å². The molecule has 0 radical (unpaired) electrons. The Kier molecular flexibility index (Phi) is 7.24. The number of carboxylic acids is 1. The maximum atomic E-state index is 11.9. The van der Waals surface area contributed by atoms with Crippen molar-refractivity contribution in [2.75, 3.05) is 11.5 Å². The molecule has 2 aromatic rings. The minimum Gasteiger partial charge on any atom is -0.481 e. The molecule has 0 spiro atoms. The van der Waals surface area contributed by atoms with E-state index in [2.05, 4.69) is 0 Å². The first-order chi connectivity index (χ1) is 13.5. The normalized spacial score (nSPS) is 16.2. The lowest BCUT2D eigenvalue weighted by Gasteiger charge is -2.11. The van der Waals surface area contributed by atoms with Crippen LogP contribution in [-0.2, 0) is 9.59 Å². The van der Waals surface area contributed by atoms with Gasteiger partial charge in [-0.15, -0.1) is 11.8 Å². The molecule has 1 heterocycles. The Morgan fingerprint density at radius 3 is 2.25 bits per heavy atom. The average molecular weight is 420 g/mol. The minimum absolute atomic E-state index is 0.0309. The van der Waals surface area contributed by atoms with E-state index in [0.717, 1.165) is 16.8 Å². The summed E-state index contributed by atoms with van der Waals surface area (Å²) in [5.41, 5.74) is 5.63. The van der Waals surface area contributed by atoms with Crippen LogP contribution in [-0.4, -0.2) is 39.8 Å². The predicted octanol–water partition coefficient (Wildman–Crippen LogP) is 3.78. The van der Waals surface area contributed by atoms with E-state index < -0.39 is 18.0 Å². The molecule has 2 atom stereocenters. The standard InChI is InChI=1S/C20H21NO5S2/c21-18(9-10-19(22)23)20(24)26-15-3-1-13(2-4-15)25-14-5-7-16(8-6-14)27-11-17-12-28-17/h1-8,17-18H,9-12,21H2,(H,22,23). The largest absolute Gasteiger partial charge is 0.481 e. The molecule has 0 bridgehead atoms. The first-order valence-corrected chi connectivity index (χ1v) is 10.8. The maximum absolute atomic E-state index is 11.9. The van der Waals surface area contributed by atoms with Gasteiger partial charge in [-0.25, -0.2) is 4.79 Å². The van der Waals surface area contributed by atoms with E-state index in [1.807, 2.05) is 47.8 Å². The van der Waals surface area contributed by atoms with Crippen molar-refractivity contribution in [2.24, 2.45) is 5.73 Å². The van der Waals surface area contributed by atoms with Crippen LogP contribution in [0.3, 0.4) is 0 Å². The van der Waals surface area contributed by atoms with Crippen LogP contribution in [0.4, 0.5) is 0 Å². The van der Waals surface area contributed by atoms with Gasteiger partial charge in [0.05, 0.1) is 0 Å². The van der Waals surface area contributed by atoms with Gasteiger partial charge in [0, 0.05) is 28.1 Å². The van der Waals surface area contributed by atoms with Crippen molar-refractivity contribution in [3.63, 3.8) is 0 Å². The van der Waals surface area contributed by atoms with Gasteiger partial charge >= 0.3 is 11.9 Å². The van der Waals surface area contributed by atoms with Crippen molar-refractivity contribution in [1.82, 2.24) is 0 Å². The summed E-state index contributed by atoms with van der Waals surface area (Å²) in [6.45, 7) is 0. The van der Waals surface area contributed by atoms with Crippen LogP contribution < -0.4 is 15.2 Å². The molecule has 0 aliphatic carbocycles. The highest BCUT2D eigenvalue weighted by atomic mass is 32.2. The molecular weight excluding hydrogens is 398 g/mol. The van der Waals surface area contributed by atoms with E-state index >= 15 is 0 Å². The summed E-state index contributed by atoms with van der Waals surface area (Å²) >= 11 is 3.85. The molecule has 1 fully saturated rings. The zero-order valence-electron chi connectivity index (χ0n) is 15.1. The number of benzene rings is 2. The van der Waals surface area contributed by atoms with Crippen molar-refractivity contribution in [1.29, 1.82) is 0 Å². The lowest BCUT2D eigenvalue weighted by Crippen LogP contribution is -2.34. The van der Waals surface area contributed by atoms with Gasteiger partial charge in [0.2, 0.25) is 0 Å². The number of ether oxygens (including phenoxy) is 2. The number of rotatable bonds is 10. The Morgan fingerprint density at radius 2 is 1.68 bits per heavy atom. The van der Waals surface area contributed by atoms with E-state index in [0.29, 0.717) is 11.5 Å². The monoisotopic (exact) mass is 419 g/mol. The van der Waals surface area contributed by atoms with Crippen LogP contribution in [0.5, 0.6) is 17.2 Å². The number of thioether (sulfide) groups is 2. The molecule has 2 unspecified atom stereocenters. The second-order valence-electron chi connectivity index (χ2n) is 6.27. The lowest BCUT2D eigenvalue weighted by molar-refractivity contribution is -0.138. The quantitative estimate of drug-likeness (QED) is 0.260. The smallest absolute Gasteiger partial charge is 0.328 e. The number of carboxylic acid groups (broad SMARTS) is 1. The summed E-state index contributed by atoms with van der Waals surface area (Å²) in [5, 5.41) is 9.43. The molecule has 1 aliphatic heterocycles. The summed E-state index contributed by atoms with van der Waals surface area (Å²) in [5.74, 6) is 2.42. The Balaban J connectivity index is 1.48. The minimum atomic E-state index is -1.00. The first-order valence-electron chi connectivity index (χ1n) is 8.81. The van der Waals surface area contributed by atoms with Gasteiger partial charge in [0.25, 0.3) is 0 Å². The van der Waals surface area contributed by atoms with Crippen molar-refractivity contribution < 1.29 is 24.2 Å². The molecule has 1 aliphatic rings. The Hall–Kier alpha value is -2.16. The van der Waals surface area contributed by atoms with E-state index in [1.165, 1.54) is 10.6 Å². The van der Waals surface area contributed by atoms with Crippen molar-refractivity contribution >= 4 is 35.5 Å². The number of carbonyl (C=O) groups is 2. The summed E-state index contributed by atoms with van der Waals surface area (Å²) in [6.07, 6.45) is -0.150. The van der Waals surface area contributed by atoms with Gasteiger partial charge < -0.3 is 20.3 Å². The van der Waals surface area contributed by atoms with E-state index in [-0.39, 0.29) is 12.8 Å². The molecule has 2 aromatic carbocycles. The number of hydrogen-bond acceptors (Lipinski definition) is 7. The summed E-state index contributed by atoms with van der Waals surface area (Å²) in [6, 6.07) is 13.6. The summed E-state index contributed by atoms with van der Waals surface area (Å²) in [4.78, 5) is 23.6. The van der Waals surface area contributed by atoms with Gasteiger partial charge in [0.1, 0.15) is 23.3 Å². The fraction of sp³-hybridized carbons (Fsp3) is 0.300. The third kappa shape index (κ3) is 6.78. The lowest BCUT2D eigenvalue weighted by atomic mass is 10.2. The van der Waals surface area contributed by atoms with Crippen LogP contribution >= 0.6 is 23.5 Å². The summed E-state index contributed by atoms with van der Waals surface area (Å²) in [7, 11) is 0. The Bertz CT molecular complexity index is 806. The van der Waals surface area contributed by atoms with Crippen molar-refractivity contribution in [3.8, 4) is 17.2 Å². The molecule has 0 amide bonds. The molecular formula is C20H21NO5S2. The van der Waals surface area contributed by atoms with Gasteiger partial charge in [-0.2, -0.15) is 11.8 Å². The van der Waals surface area contributed by atoms with Crippen LogP contribution in [0.1, 0.15) is 12.8 Å². The number of aliphatic carboxylic acids is 1. The van der Waals surface area contributed by atoms with Crippen LogP contribution in [0.25, 0.3) is 0 Å². The molecule has 1 saturated heterocycles. The maximum Gasteiger partial charge on any atom is 0.328 e. The van der Waals surface area contributed by atoms with Crippen molar-refractivity contribution in [3.05, 3.63) is 48.5 Å². The number of esters is 1. The topological polar surface area (TPSA) is 98.9 Å². The first kappa shape index (κ1) is 20.6. The molecule has 148 valence electrons. The predicted molar refractivity (Wildman–Crippen MR) is 110 cm³/mol. The Labute approximate surface area is 171 Å². The molecule has 3 rings (SSSR count). The molecule has 28 heavy (non-hydrogen) atoms. The van der Waals surface area contributed by atoms with Gasteiger partial charge in [-0.3, -0.25) is 4.79 Å². The zero-order valence-corrected chi connectivity index (χ0v) is 16.7. The number of nitrogens with two attached hydrogens (primary N) is 1. The number of hydrogen-bond donors (Lipinski definition) is 2. The molecule has 6 nitrogen and oxygen atoms in total. The zero-order chi connectivity index (χ0) is 19.9. The summed E-state index contributed by atoms with van der Waals surface area (Å²) < 4.78 is 11.0. The van der Waals surface area contributed by atoms with E-state index in [4.69, 9.17) is 20.3 Å². The third-order valence-corrected chi connectivity index (χ3v) is 6.27. The second kappa shape index (κ2) is 9.86. The fourth-order valence-corrected chi connectivity index (χ4v) is 4.07. The van der Waals surface area contributed by atoms with Crippen LogP contribution in [0, 0.1) is 0 Å². The number of carbonyl (C=O) groups excluding carboxylic acids is 1. The Morgan fingerprint density at radius 1 is 1.11 bits per heavy atom. The average Bonchev–Trinajstić information content (AvgIpc) is 3.51. The van der Waals surface area contributed by atoms with E-state index in [1.54, 1.807) is 24.3 Å². The van der Waals surface area contributed by atoms with E-state index in [9.17, 15) is 9.59 Å². The fourth-order valence-electron chi connectivity index (χ4n) is 2.26. The van der Waals surface area contributed by atoms with Gasteiger partial charge in [-0.05, 0) is 55.0 Å². The van der Waals surface area contributed by atoms with Gasteiger partial charge in [0.15, 0.2) is 0 Å². The SMILES string of the molecule is NC(CCC(=O)O)C(=O)Oc1ccc(Oc2ccc(SCC3CS3)cc2)cc1. The van der Waals surface area contributed by atoms with Gasteiger partial charge in [-0.1, -0.05) is 0 Å². The molecule has 3 N–H and O–H groups in total. The van der Waals surface area contributed by atoms with Crippen LogP contribution in [0.15, 0.2) is 53.4 Å². The third-order valence-electron chi connectivity index (χ3n) is 3.91. The highest BCUT2D eigenvalue weighted by Gasteiger charge is 2.22. The highest BCUT2D eigenvalue weighted by molar-refractivity contribution is 8.08. The molecule has 8 heteroatoms. The second-order valence-corrected chi connectivity index (χ2v) is 8.70. The molecule has 0 aromatic heterocycles. The highest BCUT2D eigenvalue weighted by Crippen LogP contribution is 2.35. The van der Waals surface area contributed by atoms with Crippen LogP contribution in [0.2, 0.25) is 0 Å².